The highest BCUT2D eigenvalue weighted by Gasteiger charge is 2.63. The van der Waals surface area contributed by atoms with Crippen LogP contribution in [0.3, 0.4) is 0 Å². The van der Waals surface area contributed by atoms with Gasteiger partial charge in [-0.1, -0.05) is 294 Å². The second-order valence-corrected chi connectivity index (χ2v) is 35.1. The largest absolute Gasteiger partial charge is 0.151 e. The zero-order chi connectivity index (χ0) is 66.7. The Balaban J connectivity index is 0.000000170. The maximum absolute atomic E-state index is 2.44. The van der Waals surface area contributed by atoms with E-state index in [1.165, 1.54) is 98.0 Å². The lowest BCUT2D eigenvalue weighted by molar-refractivity contribution is 0.343. The molecule has 0 bridgehead atoms. The second kappa shape index (κ2) is 29.7. The SMILES string of the molecule is Cc1cc(C)cc(C(C)SC(C)C)c1.Cc1cc(C)cc(C2(C)CC2(C)C(C)C)c1.Cc1cc(C)cc(C2(C)CC2C(C)C)c1.Cc1cc(C)cc(C2C(C)C2C(C)C)c1.Cc1cc(C)cc(C2CC2(C)C(C)C)c1.Cc1cc(C)cc(C2CC2C(C)C)c1. The summed E-state index contributed by atoms with van der Waals surface area (Å²) >= 11 is 2.02. The quantitative estimate of drug-likeness (QED) is 0.111. The molecule has 0 aromatic heterocycles. The molecule has 0 saturated heterocycles. The van der Waals surface area contributed by atoms with Gasteiger partial charge in [-0.2, -0.15) is 11.8 Å². The summed E-state index contributed by atoms with van der Waals surface area (Å²) in [5.74, 6) is 10.1. The topological polar surface area (TPSA) is 0 Å². The number of thioether (sulfide) groups is 1. The first-order valence-electron chi connectivity index (χ1n) is 35.4. The van der Waals surface area contributed by atoms with Crippen molar-refractivity contribution in [2.75, 3.05) is 0 Å². The van der Waals surface area contributed by atoms with E-state index in [1.807, 2.05) is 11.8 Å². The van der Waals surface area contributed by atoms with Crippen molar-refractivity contribution in [2.45, 2.75) is 272 Å². The normalized spacial score (nSPS) is 27.0. The third kappa shape index (κ3) is 19.2. The van der Waals surface area contributed by atoms with Crippen molar-refractivity contribution in [1.29, 1.82) is 0 Å². The van der Waals surface area contributed by atoms with Crippen LogP contribution in [0, 0.1) is 147 Å². The van der Waals surface area contributed by atoms with E-state index in [9.17, 15) is 0 Å². The Morgan fingerprint density at radius 3 is 1.10 bits per heavy atom. The Hall–Kier alpha value is -4.33. The molecule has 0 aliphatic heterocycles. The molecule has 0 heterocycles. The van der Waals surface area contributed by atoms with Gasteiger partial charge in [-0.05, 0) is 247 Å². The van der Waals surface area contributed by atoms with Gasteiger partial charge in [0.2, 0.25) is 0 Å². The third-order valence-corrected chi connectivity index (χ3v) is 23.9. The number of hydrogen-bond acceptors (Lipinski definition) is 1. The highest BCUT2D eigenvalue weighted by Crippen LogP contribution is 2.68. The lowest BCUT2D eigenvalue weighted by Gasteiger charge is -2.23. The molecule has 11 rings (SSSR count). The summed E-state index contributed by atoms with van der Waals surface area (Å²) in [4.78, 5) is 0. The van der Waals surface area contributed by atoms with Crippen LogP contribution in [0.2, 0.25) is 0 Å². The van der Waals surface area contributed by atoms with E-state index < -0.39 is 0 Å². The van der Waals surface area contributed by atoms with Crippen LogP contribution in [-0.4, -0.2) is 5.25 Å². The molecule has 0 nitrogen and oxygen atoms in total. The lowest BCUT2D eigenvalue weighted by Crippen LogP contribution is -2.18. The van der Waals surface area contributed by atoms with Crippen LogP contribution < -0.4 is 0 Å². The fraction of sp³-hybridized carbons (Fsp3) is 0.591. The molecule has 0 radical (unpaired) electrons. The molecule has 6 aromatic rings. The van der Waals surface area contributed by atoms with Crippen LogP contribution in [0.15, 0.2) is 109 Å². The molecular weight excluding hydrogens is 1090 g/mol. The minimum absolute atomic E-state index is 0.401. The van der Waals surface area contributed by atoms with Crippen LogP contribution in [0.25, 0.3) is 0 Å². The third-order valence-electron chi connectivity index (χ3n) is 22.6. The summed E-state index contributed by atoms with van der Waals surface area (Å²) < 4.78 is 0. The van der Waals surface area contributed by atoms with E-state index in [0.29, 0.717) is 32.2 Å². The Morgan fingerprint density at radius 2 is 0.787 bits per heavy atom. The zero-order valence-electron chi connectivity index (χ0n) is 62.7. The molecule has 5 aliphatic carbocycles. The van der Waals surface area contributed by atoms with Crippen LogP contribution >= 0.6 is 11.8 Å². The average Bonchev–Trinajstić information content (AvgIpc) is 1.65. The average molecular weight is 1220 g/mol. The van der Waals surface area contributed by atoms with E-state index >= 15 is 0 Å². The molecule has 12 atom stereocenters. The van der Waals surface area contributed by atoms with Crippen LogP contribution in [-0.2, 0) is 10.8 Å². The first-order chi connectivity index (χ1) is 41.2. The van der Waals surface area contributed by atoms with E-state index in [-0.39, 0.29) is 0 Å². The van der Waals surface area contributed by atoms with Crippen molar-refractivity contribution < 1.29 is 0 Å². The smallest absolute Gasteiger partial charge is 0.0271 e. The molecule has 5 aliphatic rings. The minimum Gasteiger partial charge on any atom is -0.151 e. The van der Waals surface area contributed by atoms with E-state index in [0.717, 1.165) is 71.0 Å². The van der Waals surface area contributed by atoms with Gasteiger partial charge in [-0.25, -0.2) is 0 Å². The zero-order valence-corrected chi connectivity index (χ0v) is 63.5. The van der Waals surface area contributed by atoms with Crippen molar-refractivity contribution in [3.05, 3.63) is 209 Å². The number of benzene rings is 6. The fourth-order valence-electron chi connectivity index (χ4n) is 16.5. The minimum atomic E-state index is 0.401. The summed E-state index contributed by atoms with van der Waals surface area (Å²) in [6.07, 6.45) is 5.47. The van der Waals surface area contributed by atoms with Crippen LogP contribution in [0.4, 0.5) is 0 Å². The van der Waals surface area contributed by atoms with Crippen molar-refractivity contribution >= 4 is 11.8 Å². The van der Waals surface area contributed by atoms with Gasteiger partial charge in [0.25, 0.3) is 0 Å². The Labute approximate surface area is 554 Å². The predicted octanol–water partition coefficient (Wildman–Crippen LogP) is 26.2. The standard InChI is InChI=1S/C16H24.3C15H22.C14H20.C13H20S/c1-11(2)15(5)10-16(15,6)14-8-12(3)7-13(4)9-14;1-10(2)15(5)9-14(15)13-7-11(3)6-12(4)8-13;1-10(2)14-9-15(14,5)13-7-11(3)6-12(4)8-13;1-9(2)14-12(5)15(14)13-7-10(3)6-11(4)8-13;1-9(2)13-8-14(13)12-6-10(3)5-11(4)7-12;1-9(2)14-12(5)13-7-10(3)6-11(4)8-13/h7-9,11H,10H2,1-6H3;2*6-8,10,14H,9H2,1-5H3;6-9,12,14-15H,1-5H3;5-7,9,13-14H,8H2,1-4H3;6-9,12H,1-5H3. The number of hydrogen-bond donors (Lipinski definition) is 0. The second-order valence-electron chi connectivity index (χ2n) is 33.2. The summed E-state index contributed by atoms with van der Waals surface area (Å²) in [5, 5.41) is 1.31. The van der Waals surface area contributed by atoms with E-state index in [4.69, 9.17) is 0 Å². The van der Waals surface area contributed by atoms with Gasteiger partial charge >= 0.3 is 0 Å². The first kappa shape index (κ1) is 73.7. The lowest BCUT2D eigenvalue weighted by atomic mass is 9.81. The maximum atomic E-state index is 2.44. The van der Waals surface area contributed by atoms with E-state index in [2.05, 4.69) is 317 Å². The maximum Gasteiger partial charge on any atom is 0.0271 e. The molecular formula is C88H130S. The highest BCUT2D eigenvalue weighted by atomic mass is 32.2. The monoisotopic (exact) mass is 1220 g/mol. The molecule has 0 N–H and O–H groups in total. The number of rotatable bonds is 13. The first-order valence-corrected chi connectivity index (χ1v) is 36.3. The van der Waals surface area contributed by atoms with Crippen molar-refractivity contribution in [3.63, 3.8) is 0 Å². The summed E-state index contributed by atoms with van der Waals surface area (Å²) in [6.45, 7) is 68.8. The molecule has 0 spiro atoms. The summed E-state index contributed by atoms with van der Waals surface area (Å²) in [7, 11) is 0. The Morgan fingerprint density at radius 1 is 0.404 bits per heavy atom. The van der Waals surface area contributed by atoms with Crippen molar-refractivity contribution in [2.24, 2.45) is 64.1 Å². The van der Waals surface area contributed by atoms with Gasteiger partial charge < -0.3 is 0 Å². The van der Waals surface area contributed by atoms with Crippen LogP contribution in [0.5, 0.6) is 0 Å². The van der Waals surface area contributed by atoms with Gasteiger partial charge in [0.15, 0.2) is 0 Å². The molecule has 5 fully saturated rings. The highest BCUT2D eigenvalue weighted by molar-refractivity contribution is 8.00. The predicted molar refractivity (Wildman–Crippen MR) is 398 cm³/mol. The molecule has 1 heteroatoms. The van der Waals surface area contributed by atoms with Crippen molar-refractivity contribution in [3.8, 4) is 0 Å². The Bertz CT molecular complexity index is 3080. The fourth-order valence-corrected chi connectivity index (χ4v) is 17.6. The van der Waals surface area contributed by atoms with Gasteiger partial charge in [-0.15, -0.1) is 0 Å². The molecule has 5 saturated carbocycles. The molecule has 89 heavy (non-hydrogen) atoms. The number of aryl methyl sites for hydroxylation is 12. The molecule has 488 valence electrons. The molecule has 0 amide bonds. The Kier molecular flexibility index (Phi) is 24.6. The molecule has 6 aromatic carbocycles. The van der Waals surface area contributed by atoms with E-state index in [1.54, 1.807) is 27.8 Å². The van der Waals surface area contributed by atoms with Gasteiger partial charge in [0.1, 0.15) is 0 Å². The van der Waals surface area contributed by atoms with Gasteiger partial charge in [0.05, 0.1) is 0 Å². The summed E-state index contributed by atoms with van der Waals surface area (Å²) in [6, 6.07) is 41.8. The summed E-state index contributed by atoms with van der Waals surface area (Å²) in [5.41, 5.74) is 28.0. The van der Waals surface area contributed by atoms with Crippen LogP contribution in [0.1, 0.15) is 273 Å². The van der Waals surface area contributed by atoms with Gasteiger partial charge in [0, 0.05) is 5.25 Å². The van der Waals surface area contributed by atoms with Gasteiger partial charge in [-0.3, -0.25) is 0 Å². The van der Waals surface area contributed by atoms with Crippen molar-refractivity contribution in [1.82, 2.24) is 0 Å². The molecule has 12 unspecified atom stereocenters.